The Bertz CT molecular complexity index is 450. The van der Waals surface area contributed by atoms with Crippen molar-refractivity contribution in [3.8, 4) is 0 Å². The first-order valence-electron chi connectivity index (χ1n) is 3.88. The van der Waals surface area contributed by atoms with Gasteiger partial charge in [-0.25, -0.2) is 0 Å². The second-order valence-corrected chi connectivity index (χ2v) is 4.11. The van der Waals surface area contributed by atoms with E-state index in [0.29, 0.717) is 6.54 Å². The lowest BCUT2D eigenvalue weighted by molar-refractivity contribution is 1.02. The highest BCUT2D eigenvalue weighted by atomic mass is 79.9. The second kappa shape index (κ2) is 3.33. The van der Waals surface area contributed by atoms with Crippen molar-refractivity contribution in [1.82, 2.24) is 4.98 Å². The predicted octanol–water partition coefficient (Wildman–Crippen LogP) is 3.04. The zero-order valence-electron chi connectivity index (χ0n) is 6.77. The van der Waals surface area contributed by atoms with Gasteiger partial charge in [-0.1, -0.05) is 33.6 Å². The predicted molar refractivity (Wildman–Crippen MR) is 58.9 cm³/mol. The number of aromatic nitrogens is 1. The van der Waals surface area contributed by atoms with E-state index in [-0.39, 0.29) is 0 Å². The van der Waals surface area contributed by atoms with Crippen LogP contribution in [0.2, 0.25) is 5.02 Å². The van der Waals surface area contributed by atoms with Crippen molar-refractivity contribution in [2.24, 2.45) is 5.73 Å². The molecule has 0 amide bonds. The molecule has 0 aliphatic rings. The zero-order chi connectivity index (χ0) is 9.42. The first-order chi connectivity index (χ1) is 6.22. The van der Waals surface area contributed by atoms with Gasteiger partial charge in [0.2, 0.25) is 0 Å². The van der Waals surface area contributed by atoms with Gasteiger partial charge >= 0.3 is 0 Å². The molecule has 0 saturated carbocycles. The Kier molecular flexibility index (Phi) is 2.32. The molecule has 0 aliphatic carbocycles. The van der Waals surface area contributed by atoms with E-state index in [9.17, 15) is 0 Å². The number of halogens is 2. The Labute approximate surface area is 89.2 Å². The average molecular weight is 260 g/mol. The lowest BCUT2D eigenvalue weighted by Gasteiger charge is -1.90. The van der Waals surface area contributed by atoms with Gasteiger partial charge in [0, 0.05) is 27.6 Å². The number of nitrogens with two attached hydrogens (primary N) is 1. The number of nitrogens with one attached hydrogen (secondary N) is 1. The van der Waals surface area contributed by atoms with Crippen LogP contribution in [-0.2, 0) is 6.54 Å². The van der Waals surface area contributed by atoms with Crippen molar-refractivity contribution < 1.29 is 0 Å². The SMILES string of the molecule is NCc1[nH]c2cc(Br)ccc2c1Cl. The largest absolute Gasteiger partial charge is 0.356 e. The summed E-state index contributed by atoms with van der Waals surface area (Å²) in [7, 11) is 0. The summed E-state index contributed by atoms with van der Waals surface area (Å²) >= 11 is 9.48. The van der Waals surface area contributed by atoms with Gasteiger partial charge in [0.1, 0.15) is 0 Å². The Morgan fingerprint density at radius 1 is 1.46 bits per heavy atom. The zero-order valence-corrected chi connectivity index (χ0v) is 9.11. The van der Waals surface area contributed by atoms with E-state index < -0.39 is 0 Å². The standard InChI is InChI=1S/C9H8BrClN2/c10-5-1-2-6-7(3-5)13-8(4-12)9(6)11/h1-3,13H,4,12H2. The molecule has 0 bridgehead atoms. The summed E-state index contributed by atoms with van der Waals surface area (Å²) in [4.78, 5) is 3.17. The molecule has 0 spiro atoms. The van der Waals surface area contributed by atoms with Crippen molar-refractivity contribution in [2.75, 3.05) is 0 Å². The van der Waals surface area contributed by atoms with Crippen molar-refractivity contribution in [1.29, 1.82) is 0 Å². The number of aromatic amines is 1. The van der Waals surface area contributed by atoms with Crippen LogP contribution in [0.15, 0.2) is 22.7 Å². The maximum absolute atomic E-state index is 6.08. The van der Waals surface area contributed by atoms with E-state index in [1.54, 1.807) is 0 Å². The Morgan fingerprint density at radius 3 is 2.92 bits per heavy atom. The molecular weight excluding hydrogens is 251 g/mol. The first kappa shape index (κ1) is 9.06. The molecule has 4 heteroatoms. The van der Waals surface area contributed by atoms with Gasteiger partial charge in [-0.2, -0.15) is 0 Å². The fourth-order valence-electron chi connectivity index (χ4n) is 1.33. The molecule has 2 aromatic rings. The Balaban J connectivity index is 2.76. The highest BCUT2D eigenvalue weighted by Crippen LogP contribution is 2.28. The normalized spacial score (nSPS) is 11.0. The molecule has 0 radical (unpaired) electrons. The third-order valence-electron chi connectivity index (χ3n) is 1.97. The number of hydrogen-bond donors (Lipinski definition) is 2. The van der Waals surface area contributed by atoms with Gasteiger partial charge in [0.15, 0.2) is 0 Å². The van der Waals surface area contributed by atoms with Gasteiger partial charge in [-0.05, 0) is 12.1 Å². The van der Waals surface area contributed by atoms with E-state index in [0.717, 1.165) is 26.1 Å². The fourth-order valence-corrected chi connectivity index (χ4v) is 1.98. The third kappa shape index (κ3) is 1.47. The lowest BCUT2D eigenvalue weighted by atomic mass is 10.2. The van der Waals surface area contributed by atoms with E-state index in [2.05, 4.69) is 20.9 Å². The van der Waals surface area contributed by atoms with Crippen LogP contribution in [-0.4, -0.2) is 4.98 Å². The maximum Gasteiger partial charge on any atom is 0.0705 e. The van der Waals surface area contributed by atoms with E-state index >= 15 is 0 Å². The molecular formula is C9H8BrClN2. The highest BCUT2D eigenvalue weighted by molar-refractivity contribution is 9.10. The molecule has 0 aliphatic heterocycles. The average Bonchev–Trinajstić information content (AvgIpc) is 2.42. The first-order valence-corrected chi connectivity index (χ1v) is 5.05. The van der Waals surface area contributed by atoms with Crippen LogP contribution < -0.4 is 5.73 Å². The van der Waals surface area contributed by atoms with Gasteiger partial charge in [0.05, 0.1) is 5.02 Å². The summed E-state index contributed by atoms with van der Waals surface area (Å²) in [6.07, 6.45) is 0. The van der Waals surface area contributed by atoms with Crippen molar-refractivity contribution in [3.63, 3.8) is 0 Å². The van der Waals surface area contributed by atoms with Crippen molar-refractivity contribution >= 4 is 38.4 Å². The van der Waals surface area contributed by atoms with E-state index in [4.69, 9.17) is 17.3 Å². The highest BCUT2D eigenvalue weighted by Gasteiger charge is 2.07. The van der Waals surface area contributed by atoms with Gasteiger partial charge in [0.25, 0.3) is 0 Å². The van der Waals surface area contributed by atoms with Crippen molar-refractivity contribution in [3.05, 3.63) is 33.4 Å². The minimum absolute atomic E-state index is 0.436. The summed E-state index contributed by atoms with van der Waals surface area (Å²) in [6.45, 7) is 0.436. The molecule has 3 N–H and O–H groups in total. The molecule has 2 rings (SSSR count). The van der Waals surface area contributed by atoms with Crippen LogP contribution in [0, 0.1) is 0 Å². The Hall–Kier alpha value is -0.510. The summed E-state index contributed by atoms with van der Waals surface area (Å²) in [5.41, 5.74) is 7.42. The molecule has 1 aromatic carbocycles. The monoisotopic (exact) mass is 258 g/mol. The van der Waals surface area contributed by atoms with Gasteiger partial charge in [-0.15, -0.1) is 0 Å². The van der Waals surface area contributed by atoms with Crippen LogP contribution in [0.5, 0.6) is 0 Å². The van der Waals surface area contributed by atoms with Crippen LogP contribution in [0.4, 0.5) is 0 Å². The summed E-state index contributed by atoms with van der Waals surface area (Å²) < 4.78 is 1.03. The molecule has 0 saturated heterocycles. The molecule has 1 heterocycles. The quantitative estimate of drug-likeness (QED) is 0.812. The van der Waals surface area contributed by atoms with Crippen molar-refractivity contribution in [2.45, 2.75) is 6.54 Å². The molecule has 1 aromatic heterocycles. The minimum Gasteiger partial charge on any atom is -0.356 e. The molecule has 2 nitrogen and oxygen atoms in total. The van der Waals surface area contributed by atoms with Crippen LogP contribution >= 0.6 is 27.5 Å². The molecule has 13 heavy (non-hydrogen) atoms. The lowest BCUT2D eigenvalue weighted by Crippen LogP contribution is -1.96. The Morgan fingerprint density at radius 2 is 2.23 bits per heavy atom. The topological polar surface area (TPSA) is 41.8 Å². The molecule has 0 fully saturated rings. The van der Waals surface area contributed by atoms with Gasteiger partial charge < -0.3 is 10.7 Å². The number of benzene rings is 1. The second-order valence-electron chi connectivity index (χ2n) is 2.81. The maximum atomic E-state index is 6.08. The van der Waals surface area contributed by atoms with Gasteiger partial charge in [-0.3, -0.25) is 0 Å². The van der Waals surface area contributed by atoms with Crippen LogP contribution in [0.3, 0.4) is 0 Å². The number of rotatable bonds is 1. The number of fused-ring (bicyclic) bond motifs is 1. The number of hydrogen-bond acceptors (Lipinski definition) is 1. The fraction of sp³-hybridized carbons (Fsp3) is 0.111. The number of H-pyrrole nitrogens is 1. The minimum atomic E-state index is 0.436. The third-order valence-corrected chi connectivity index (χ3v) is 2.90. The molecule has 68 valence electrons. The summed E-state index contributed by atoms with van der Waals surface area (Å²) in [6, 6.07) is 5.92. The molecule has 0 unspecified atom stereocenters. The van der Waals surface area contributed by atoms with Crippen LogP contribution in [0.25, 0.3) is 10.9 Å². The summed E-state index contributed by atoms with van der Waals surface area (Å²) in [5.74, 6) is 0. The van der Waals surface area contributed by atoms with Crippen LogP contribution in [0.1, 0.15) is 5.69 Å². The van der Waals surface area contributed by atoms with E-state index in [1.165, 1.54) is 0 Å². The van der Waals surface area contributed by atoms with E-state index in [1.807, 2.05) is 18.2 Å². The summed E-state index contributed by atoms with van der Waals surface area (Å²) in [5, 5.41) is 1.75. The molecule has 0 atom stereocenters. The smallest absolute Gasteiger partial charge is 0.0705 e.